The maximum Gasteiger partial charge on any atom is 0.197 e. The van der Waals surface area contributed by atoms with Gasteiger partial charge in [-0.15, -0.1) is 0 Å². The molecule has 2 saturated heterocycles. The van der Waals surface area contributed by atoms with Crippen LogP contribution < -0.4 is 0 Å². The van der Waals surface area contributed by atoms with E-state index in [2.05, 4.69) is 31.2 Å². The van der Waals surface area contributed by atoms with Crippen molar-refractivity contribution in [1.29, 1.82) is 0 Å². The lowest BCUT2D eigenvalue weighted by Crippen LogP contribution is -2.47. The van der Waals surface area contributed by atoms with E-state index < -0.39 is 5.79 Å². The third-order valence-corrected chi connectivity index (χ3v) is 5.35. The van der Waals surface area contributed by atoms with E-state index in [0.717, 1.165) is 30.4 Å². The van der Waals surface area contributed by atoms with Crippen LogP contribution in [0.25, 0.3) is 0 Å². The van der Waals surface area contributed by atoms with Crippen LogP contribution in [0, 0.1) is 0 Å². The number of hydrogen-bond acceptors (Lipinski definition) is 4. The summed E-state index contributed by atoms with van der Waals surface area (Å²) in [4.78, 5) is 0. The molecule has 4 atom stereocenters. The summed E-state index contributed by atoms with van der Waals surface area (Å²) < 4.78 is 25.2. The molecule has 0 unspecified atom stereocenters. The molecule has 2 aliphatic rings. The zero-order chi connectivity index (χ0) is 18.5. The minimum atomic E-state index is -0.687. The van der Waals surface area contributed by atoms with Crippen LogP contribution in [0.3, 0.4) is 0 Å². The van der Waals surface area contributed by atoms with Crippen molar-refractivity contribution in [2.75, 3.05) is 6.61 Å². The Labute approximate surface area is 161 Å². The molecule has 0 N–H and O–H groups in total. The van der Waals surface area contributed by atoms with Gasteiger partial charge in [-0.05, 0) is 17.5 Å². The highest BCUT2D eigenvalue weighted by Gasteiger charge is 2.59. The fourth-order valence-corrected chi connectivity index (χ4v) is 4.09. The van der Waals surface area contributed by atoms with Crippen LogP contribution in [0.1, 0.15) is 37.3 Å². The minimum absolute atomic E-state index is 0.0229. The quantitative estimate of drug-likeness (QED) is 0.689. The minimum Gasteiger partial charge on any atom is -0.368 e. The molecule has 0 saturated carbocycles. The lowest BCUT2D eigenvalue weighted by atomic mass is 10.0. The molecule has 4 heteroatoms. The predicted octanol–water partition coefficient (Wildman–Crippen LogP) is 4.47. The summed E-state index contributed by atoms with van der Waals surface area (Å²) in [6.45, 7) is 3.93. The average Bonchev–Trinajstić information content (AvgIpc) is 2.92. The third-order valence-electron chi connectivity index (χ3n) is 5.35. The highest BCUT2D eigenvalue weighted by Crippen LogP contribution is 2.44. The van der Waals surface area contributed by atoms with Crippen LogP contribution in [0.2, 0.25) is 0 Å². The van der Waals surface area contributed by atoms with E-state index in [0.29, 0.717) is 19.8 Å². The van der Waals surface area contributed by atoms with E-state index in [1.807, 2.05) is 36.4 Å². The van der Waals surface area contributed by atoms with Crippen LogP contribution in [-0.2, 0) is 32.2 Å². The molecule has 2 heterocycles. The molecule has 2 aliphatic heterocycles. The Morgan fingerprint density at radius 2 is 1.56 bits per heavy atom. The molecule has 0 amide bonds. The van der Waals surface area contributed by atoms with Gasteiger partial charge in [0.15, 0.2) is 5.79 Å². The molecule has 144 valence electrons. The Kier molecular flexibility index (Phi) is 5.89. The molecule has 2 aromatic rings. The molecule has 0 radical (unpaired) electrons. The molecule has 2 aromatic carbocycles. The molecule has 2 bridgehead atoms. The van der Waals surface area contributed by atoms with Crippen molar-refractivity contribution >= 4 is 0 Å². The summed E-state index contributed by atoms with van der Waals surface area (Å²) >= 11 is 0. The molecular weight excluding hydrogens is 340 g/mol. The first-order chi connectivity index (χ1) is 13.3. The smallest absolute Gasteiger partial charge is 0.197 e. The normalized spacial score (nSPS) is 29.7. The second kappa shape index (κ2) is 8.53. The monoisotopic (exact) mass is 368 g/mol. The van der Waals surface area contributed by atoms with Crippen LogP contribution in [0.15, 0.2) is 60.7 Å². The van der Waals surface area contributed by atoms with Crippen LogP contribution >= 0.6 is 0 Å². The number of benzene rings is 2. The van der Waals surface area contributed by atoms with Gasteiger partial charge < -0.3 is 18.9 Å². The van der Waals surface area contributed by atoms with Crippen molar-refractivity contribution in [2.45, 2.75) is 63.5 Å². The van der Waals surface area contributed by atoms with Gasteiger partial charge in [-0.25, -0.2) is 0 Å². The maximum absolute atomic E-state index is 6.38. The van der Waals surface area contributed by atoms with Gasteiger partial charge in [-0.1, -0.05) is 74.0 Å². The van der Waals surface area contributed by atoms with Gasteiger partial charge in [0.2, 0.25) is 0 Å². The fraction of sp³-hybridized carbons (Fsp3) is 0.478. The Morgan fingerprint density at radius 1 is 0.926 bits per heavy atom. The van der Waals surface area contributed by atoms with Gasteiger partial charge in [0.1, 0.15) is 12.2 Å². The standard InChI is InChI=1S/C23H28O4/c1-2-14-23-22(25-17-19-11-7-4-8-12-19)21(20(27-23)13-15-26-23)24-16-18-9-5-3-6-10-18/h3-12,20-22H,2,13-17H2,1H3/t20-,21-,22+,23-/m0/s1. The topological polar surface area (TPSA) is 36.9 Å². The summed E-state index contributed by atoms with van der Waals surface area (Å²) in [5, 5.41) is 0. The largest absolute Gasteiger partial charge is 0.368 e. The number of rotatable bonds is 8. The number of hydrogen-bond donors (Lipinski definition) is 0. The first-order valence-corrected chi connectivity index (χ1v) is 9.93. The maximum atomic E-state index is 6.38. The van der Waals surface area contributed by atoms with Gasteiger partial charge in [-0.2, -0.15) is 0 Å². The summed E-state index contributed by atoms with van der Waals surface area (Å²) in [6.07, 6.45) is 2.31. The van der Waals surface area contributed by atoms with Crippen LogP contribution in [-0.4, -0.2) is 30.7 Å². The molecule has 2 fully saturated rings. The van der Waals surface area contributed by atoms with Gasteiger partial charge >= 0.3 is 0 Å². The molecule has 0 spiro atoms. The Bertz CT molecular complexity index is 701. The summed E-state index contributed by atoms with van der Waals surface area (Å²) in [6, 6.07) is 20.5. The molecule has 0 aromatic heterocycles. The zero-order valence-electron chi connectivity index (χ0n) is 15.9. The fourth-order valence-electron chi connectivity index (χ4n) is 4.09. The van der Waals surface area contributed by atoms with E-state index >= 15 is 0 Å². The van der Waals surface area contributed by atoms with E-state index in [1.165, 1.54) is 0 Å². The number of ether oxygens (including phenoxy) is 4. The highest BCUT2D eigenvalue weighted by molar-refractivity contribution is 5.15. The number of fused-ring (bicyclic) bond motifs is 2. The molecule has 0 aliphatic carbocycles. The first kappa shape index (κ1) is 18.6. The summed E-state index contributed by atoms with van der Waals surface area (Å²) in [7, 11) is 0. The Balaban J connectivity index is 1.51. The highest BCUT2D eigenvalue weighted by atomic mass is 16.8. The van der Waals surface area contributed by atoms with Crippen molar-refractivity contribution in [3.8, 4) is 0 Å². The summed E-state index contributed by atoms with van der Waals surface area (Å²) in [5.74, 6) is -0.687. The lowest BCUT2D eigenvalue weighted by molar-refractivity contribution is -0.294. The van der Waals surface area contributed by atoms with Crippen molar-refractivity contribution < 1.29 is 18.9 Å². The van der Waals surface area contributed by atoms with Gasteiger partial charge in [0, 0.05) is 6.42 Å². The second-order valence-corrected chi connectivity index (χ2v) is 7.33. The predicted molar refractivity (Wildman–Crippen MR) is 103 cm³/mol. The molecule has 27 heavy (non-hydrogen) atoms. The second-order valence-electron chi connectivity index (χ2n) is 7.33. The SMILES string of the molecule is CCC[C@]12OCC[C@H](O1)[C@H](OCc1ccccc1)[C@H]2OCc1ccccc1. The first-order valence-electron chi connectivity index (χ1n) is 9.93. The van der Waals surface area contributed by atoms with E-state index in [1.54, 1.807) is 0 Å². The van der Waals surface area contributed by atoms with Gasteiger partial charge in [0.25, 0.3) is 0 Å². The van der Waals surface area contributed by atoms with E-state index in [-0.39, 0.29) is 18.3 Å². The van der Waals surface area contributed by atoms with Crippen LogP contribution in [0.5, 0.6) is 0 Å². The summed E-state index contributed by atoms with van der Waals surface area (Å²) in [5.41, 5.74) is 2.30. The van der Waals surface area contributed by atoms with Gasteiger partial charge in [0.05, 0.1) is 25.9 Å². The Morgan fingerprint density at radius 3 is 2.19 bits per heavy atom. The van der Waals surface area contributed by atoms with Crippen LogP contribution in [0.4, 0.5) is 0 Å². The van der Waals surface area contributed by atoms with Crippen molar-refractivity contribution in [3.05, 3.63) is 71.8 Å². The van der Waals surface area contributed by atoms with Crippen molar-refractivity contribution in [3.63, 3.8) is 0 Å². The molecule has 4 nitrogen and oxygen atoms in total. The third kappa shape index (κ3) is 4.09. The van der Waals surface area contributed by atoms with Crippen molar-refractivity contribution in [1.82, 2.24) is 0 Å². The zero-order valence-corrected chi connectivity index (χ0v) is 15.9. The van der Waals surface area contributed by atoms with Gasteiger partial charge in [-0.3, -0.25) is 0 Å². The lowest BCUT2D eigenvalue weighted by Gasteiger charge is -2.36. The average molecular weight is 368 g/mol. The molecule has 4 rings (SSSR count). The molecular formula is C23H28O4. The van der Waals surface area contributed by atoms with E-state index in [9.17, 15) is 0 Å². The van der Waals surface area contributed by atoms with Crippen molar-refractivity contribution in [2.24, 2.45) is 0 Å². The van der Waals surface area contributed by atoms with E-state index in [4.69, 9.17) is 18.9 Å². The Hall–Kier alpha value is -1.72.